The minimum Gasteiger partial charge on any atom is -0.447 e. The first-order chi connectivity index (χ1) is 16.5. The van der Waals surface area contributed by atoms with Crippen molar-refractivity contribution in [1.82, 2.24) is 20.1 Å². The zero-order valence-electron chi connectivity index (χ0n) is 20.6. The van der Waals surface area contributed by atoms with E-state index in [1.165, 1.54) is 4.90 Å². The van der Waals surface area contributed by atoms with Gasteiger partial charge in [0.1, 0.15) is 24.5 Å². The third-order valence-electron chi connectivity index (χ3n) is 5.45. The van der Waals surface area contributed by atoms with Crippen LogP contribution in [-0.4, -0.2) is 50.6 Å². The first-order valence-electron chi connectivity index (χ1n) is 11.4. The van der Waals surface area contributed by atoms with Crippen LogP contribution in [0.1, 0.15) is 52.1 Å². The SMILES string of the molecule is Cc1cc(-c2noc(C(C)Nc3nccc(N4C(=O)OC[C@@H]4[C@@H](C)OC(C)(C)C)n3)n2)ccc1Cl. The largest absolute Gasteiger partial charge is 0.447 e. The molecule has 0 aliphatic carbocycles. The number of carbonyl (C=O) groups is 1. The highest BCUT2D eigenvalue weighted by Gasteiger charge is 2.40. The van der Waals surface area contributed by atoms with Crippen LogP contribution in [0.2, 0.25) is 5.02 Å². The van der Waals surface area contributed by atoms with Crippen LogP contribution in [0.4, 0.5) is 16.6 Å². The Hall–Kier alpha value is -3.24. The molecule has 186 valence electrons. The van der Waals surface area contributed by atoms with Crippen LogP contribution in [0, 0.1) is 6.92 Å². The van der Waals surface area contributed by atoms with Crippen LogP contribution >= 0.6 is 11.6 Å². The number of rotatable bonds is 7. The van der Waals surface area contributed by atoms with Gasteiger partial charge in [0.05, 0.1) is 11.7 Å². The molecule has 1 saturated heterocycles. The second kappa shape index (κ2) is 9.79. The van der Waals surface area contributed by atoms with Gasteiger partial charge in [0.2, 0.25) is 17.7 Å². The summed E-state index contributed by atoms with van der Waals surface area (Å²) in [6, 6.07) is 6.50. The van der Waals surface area contributed by atoms with Crippen molar-refractivity contribution in [2.24, 2.45) is 0 Å². The van der Waals surface area contributed by atoms with Crippen molar-refractivity contribution >= 4 is 29.5 Å². The highest BCUT2D eigenvalue weighted by molar-refractivity contribution is 6.31. The molecule has 1 N–H and O–H groups in total. The second-order valence-electron chi connectivity index (χ2n) is 9.47. The molecule has 3 heterocycles. The van der Waals surface area contributed by atoms with Crippen molar-refractivity contribution in [2.75, 3.05) is 16.8 Å². The molecule has 4 rings (SSSR count). The molecule has 0 saturated carbocycles. The molecular weight excluding hydrogens is 472 g/mol. The van der Waals surface area contributed by atoms with Crippen LogP contribution < -0.4 is 10.2 Å². The van der Waals surface area contributed by atoms with Crippen LogP contribution in [-0.2, 0) is 9.47 Å². The normalized spacial score (nSPS) is 17.9. The molecule has 1 aliphatic rings. The lowest BCUT2D eigenvalue weighted by molar-refractivity contribution is -0.0618. The maximum atomic E-state index is 12.5. The van der Waals surface area contributed by atoms with Gasteiger partial charge in [0.25, 0.3) is 0 Å². The minimum absolute atomic E-state index is 0.216. The van der Waals surface area contributed by atoms with Gasteiger partial charge in [-0.2, -0.15) is 9.97 Å². The van der Waals surface area contributed by atoms with Crippen molar-refractivity contribution in [3.63, 3.8) is 0 Å². The molecule has 11 heteroatoms. The summed E-state index contributed by atoms with van der Waals surface area (Å²) in [5.74, 6) is 1.54. The standard InChI is InChI=1S/C24H29ClN6O4/c1-13-11-16(7-8-17(13)25)20-29-21(35-30-20)14(2)27-22-26-10-9-19(28-22)31-18(12-33-23(31)32)15(3)34-24(4,5)6/h7-11,14-15,18H,12H2,1-6H3,(H,26,27,28)/t14?,15-,18-/m1/s1. The molecule has 2 aromatic heterocycles. The maximum absolute atomic E-state index is 12.5. The molecule has 1 unspecified atom stereocenters. The topological polar surface area (TPSA) is 116 Å². The Labute approximate surface area is 209 Å². The van der Waals surface area contributed by atoms with E-state index in [1.54, 1.807) is 18.3 Å². The van der Waals surface area contributed by atoms with Gasteiger partial charge in [-0.05, 0) is 71.4 Å². The quantitative estimate of drug-likeness (QED) is 0.467. The van der Waals surface area contributed by atoms with Crippen LogP contribution in [0.3, 0.4) is 0 Å². The molecule has 3 atom stereocenters. The summed E-state index contributed by atoms with van der Waals surface area (Å²) in [5, 5.41) is 7.90. The van der Waals surface area contributed by atoms with E-state index in [4.69, 9.17) is 25.6 Å². The number of aromatic nitrogens is 4. The molecular formula is C24H29ClN6O4. The zero-order valence-corrected chi connectivity index (χ0v) is 21.3. The average molecular weight is 501 g/mol. The van der Waals surface area contributed by atoms with Gasteiger partial charge in [0.15, 0.2) is 0 Å². The third kappa shape index (κ3) is 5.71. The number of aryl methyl sites for hydroxylation is 1. The molecule has 0 bridgehead atoms. The number of benzene rings is 1. The van der Waals surface area contributed by atoms with Gasteiger partial charge in [-0.3, -0.25) is 4.90 Å². The van der Waals surface area contributed by atoms with E-state index < -0.39 is 6.09 Å². The summed E-state index contributed by atoms with van der Waals surface area (Å²) < 4.78 is 16.8. The monoisotopic (exact) mass is 500 g/mol. The average Bonchev–Trinajstić information content (AvgIpc) is 3.42. The van der Waals surface area contributed by atoms with Crippen LogP contribution in [0.15, 0.2) is 35.0 Å². The van der Waals surface area contributed by atoms with E-state index in [2.05, 4.69) is 25.4 Å². The Morgan fingerprint density at radius 3 is 2.71 bits per heavy atom. The van der Waals surface area contributed by atoms with Gasteiger partial charge in [0, 0.05) is 16.8 Å². The first-order valence-corrected chi connectivity index (χ1v) is 11.7. The Morgan fingerprint density at radius 2 is 2.00 bits per heavy atom. The molecule has 3 aromatic rings. The minimum atomic E-state index is -0.475. The molecule has 35 heavy (non-hydrogen) atoms. The van der Waals surface area contributed by atoms with Crippen molar-refractivity contribution in [2.45, 2.75) is 65.3 Å². The Kier molecular flexibility index (Phi) is 6.95. The lowest BCUT2D eigenvalue weighted by Gasteiger charge is -2.31. The summed E-state index contributed by atoms with van der Waals surface area (Å²) in [6.07, 6.45) is 0.836. The van der Waals surface area contributed by atoms with Gasteiger partial charge < -0.3 is 19.3 Å². The fourth-order valence-corrected chi connectivity index (χ4v) is 3.92. The smallest absolute Gasteiger partial charge is 0.416 e. The number of hydrogen-bond donors (Lipinski definition) is 1. The van der Waals surface area contributed by atoms with Crippen LogP contribution in [0.5, 0.6) is 0 Å². The number of anilines is 2. The Balaban J connectivity index is 1.50. The summed E-state index contributed by atoms with van der Waals surface area (Å²) in [6.45, 7) is 11.8. The predicted molar refractivity (Wildman–Crippen MR) is 131 cm³/mol. The molecule has 1 fully saturated rings. The number of nitrogens with one attached hydrogen (secondary N) is 1. The number of hydrogen-bond acceptors (Lipinski definition) is 9. The van der Waals surface area contributed by atoms with E-state index in [-0.39, 0.29) is 30.4 Å². The van der Waals surface area contributed by atoms with Crippen molar-refractivity contribution in [1.29, 1.82) is 0 Å². The van der Waals surface area contributed by atoms with Crippen molar-refractivity contribution in [3.05, 3.63) is 46.9 Å². The van der Waals surface area contributed by atoms with E-state index in [1.807, 2.05) is 53.7 Å². The molecule has 1 amide bonds. The van der Waals surface area contributed by atoms with E-state index in [0.717, 1.165) is 11.1 Å². The van der Waals surface area contributed by atoms with Gasteiger partial charge in [-0.25, -0.2) is 9.78 Å². The summed E-state index contributed by atoms with van der Waals surface area (Å²) in [5.41, 5.74) is 1.36. The Morgan fingerprint density at radius 1 is 1.23 bits per heavy atom. The summed E-state index contributed by atoms with van der Waals surface area (Å²) >= 11 is 6.11. The molecule has 10 nitrogen and oxygen atoms in total. The highest BCUT2D eigenvalue weighted by Crippen LogP contribution is 2.28. The van der Waals surface area contributed by atoms with E-state index >= 15 is 0 Å². The number of amides is 1. The fourth-order valence-electron chi connectivity index (χ4n) is 3.80. The van der Waals surface area contributed by atoms with Crippen molar-refractivity contribution < 1.29 is 18.8 Å². The second-order valence-corrected chi connectivity index (χ2v) is 9.88. The predicted octanol–water partition coefficient (Wildman–Crippen LogP) is 5.19. The molecule has 0 radical (unpaired) electrons. The molecule has 1 aliphatic heterocycles. The zero-order chi connectivity index (χ0) is 25.3. The van der Waals surface area contributed by atoms with Gasteiger partial charge in [-0.15, -0.1) is 0 Å². The Bertz CT molecular complexity index is 1210. The number of nitrogens with zero attached hydrogens (tertiary/aromatic N) is 5. The fraction of sp³-hybridized carbons (Fsp3) is 0.458. The van der Waals surface area contributed by atoms with Gasteiger partial charge in [-0.1, -0.05) is 16.8 Å². The molecule has 1 aromatic carbocycles. The lowest BCUT2D eigenvalue weighted by Crippen LogP contribution is -2.45. The summed E-state index contributed by atoms with van der Waals surface area (Å²) in [4.78, 5) is 27.3. The summed E-state index contributed by atoms with van der Waals surface area (Å²) in [7, 11) is 0. The van der Waals surface area contributed by atoms with Crippen LogP contribution in [0.25, 0.3) is 11.4 Å². The third-order valence-corrected chi connectivity index (χ3v) is 5.87. The number of halogens is 1. The van der Waals surface area contributed by atoms with E-state index in [9.17, 15) is 4.79 Å². The van der Waals surface area contributed by atoms with E-state index in [0.29, 0.717) is 28.5 Å². The number of ether oxygens (including phenoxy) is 2. The van der Waals surface area contributed by atoms with Crippen molar-refractivity contribution in [3.8, 4) is 11.4 Å². The lowest BCUT2D eigenvalue weighted by atomic mass is 10.1. The number of cyclic esters (lactones) is 1. The molecule has 0 spiro atoms. The van der Waals surface area contributed by atoms with Gasteiger partial charge >= 0.3 is 6.09 Å². The highest BCUT2D eigenvalue weighted by atomic mass is 35.5. The number of carbonyl (C=O) groups excluding carboxylic acids is 1. The maximum Gasteiger partial charge on any atom is 0.416 e. The first kappa shape index (κ1) is 24.9.